The number of carbonyl (C=O) groups is 2. The fourth-order valence-corrected chi connectivity index (χ4v) is 2.93. The van der Waals surface area contributed by atoms with Crippen LogP contribution in [0.4, 0.5) is 0 Å². The molecule has 1 aliphatic carbocycles. The number of methoxy groups -OCH3 is 1. The van der Waals surface area contributed by atoms with Crippen molar-refractivity contribution in [1.29, 1.82) is 0 Å². The van der Waals surface area contributed by atoms with Crippen LogP contribution >= 0.6 is 0 Å². The van der Waals surface area contributed by atoms with E-state index in [1.807, 2.05) is 0 Å². The molecular formula is C15H27NO4. The number of carboxylic acids is 1. The van der Waals surface area contributed by atoms with Gasteiger partial charge in [0, 0.05) is 20.1 Å². The second-order valence-corrected chi connectivity index (χ2v) is 5.78. The molecule has 0 aromatic rings. The Labute approximate surface area is 121 Å². The largest absolute Gasteiger partial charge is 0.480 e. The van der Waals surface area contributed by atoms with Crippen molar-refractivity contribution in [2.45, 2.75) is 45.4 Å². The Morgan fingerprint density at radius 3 is 2.50 bits per heavy atom. The summed E-state index contributed by atoms with van der Waals surface area (Å²) >= 11 is 0. The molecule has 5 nitrogen and oxygen atoms in total. The molecule has 0 spiro atoms. The van der Waals surface area contributed by atoms with Crippen molar-refractivity contribution in [2.75, 3.05) is 26.8 Å². The van der Waals surface area contributed by atoms with Crippen molar-refractivity contribution in [3.63, 3.8) is 0 Å². The van der Waals surface area contributed by atoms with Gasteiger partial charge >= 0.3 is 5.97 Å². The van der Waals surface area contributed by atoms with Crippen LogP contribution in [0.15, 0.2) is 0 Å². The summed E-state index contributed by atoms with van der Waals surface area (Å²) in [5.41, 5.74) is 0. The monoisotopic (exact) mass is 285 g/mol. The highest BCUT2D eigenvalue weighted by Crippen LogP contribution is 2.31. The summed E-state index contributed by atoms with van der Waals surface area (Å²) in [6.45, 7) is 2.60. The number of rotatable bonds is 8. The number of ether oxygens (including phenoxy) is 1. The minimum absolute atomic E-state index is 0.0671. The maximum absolute atomic E-state index is 12.2. The van der Waals surface area contributed by atoms with Crippen molar-refractivity contribution < 1.29 is 19.4 Å². The molecule has 0 bridgehead atoms. The van der Waals surface area contributed by atoms with Crippen molar-refractivity contribution in [3.05, 3.63) is 0 Å². The lowest BCUT2D eigenvalue weighted by Gasteiger charge is -2.29. The summed E-state index contributed by atoms with van der Waals surface area (Å²) in [7, 11) is 1.55. The van der Waals surface area contributed by atoms with E-state index in [9.17, 15) is 9.59 Å². The summed E-state index contributed by atoms with van der Waals surface area (Å²) in [6, 6.07) is 0. The molecule has 1 amide bonds. The van der Waals surface area contributed by atoms with Gasteiger partial charge in [0.2, 0.25) is 5.91 Å². The van der Waals surface area contributed by atoms with Crippen LogP contribution in [-0.4, -0.2) is 48.7 Å². The average molecular weight is 285 g/mol. The molecule has 1 atom stereocenters. The van der Waals surface area contributed by atoms with Crippen LogP contribution in [-0.2, 0) is 14.3 Å². The summed E-state index contributed by atoms with van der Waals surface area (Å²) in [4.78, 5) is 24.5. The van der Waals surface area contributed by atoms with E-state index < -0.39 is 5.97 Å². The maximum atomic E-state index is 12.2. The number of carboxylic acid groups (broad SMARTS) is 1. The molecule has 5 heteroatoms. The standard InChI is InChI=1S/C15H27NO4/c1-12(13-6-4-3-5-7-13)10-14(17)16(8-9-20-2)11-15(18)19/h12-13H,3-11H2,1-2H3,(H,18,19). The van der Waals surface area contributed by atoms with E-state index in [0.717, 1.165) is 0 Å². The van der Waals surface area contributed by atoms with Gasteiger partial charge in [0.05, 0.1) is 6.61 Å². The molecule has 0 heterocycles. The minimum atomic E-state index is -0.972. The van der Waals surface area contributed by atoms with E-state index in [0.29, 0.717) is 31.4 Å². The Morgan fingerprint density at radius 2 is 1.95 bits per heavy atom. The molecule has 0 radical (unpaired) electrons. The van der Waals surface area contributed by atoms with Crippen LogP contribution in [0.1, 0.15) is 45.4 Å². The molecule has 0 saturated heterocycles. The molecule has 0 aromatic heterocycles. The van der Waals surface area contributed by atoms with Crippen molar-refractivity contribution >= 4 is 11.9 Å². The Bertz CT molecular complexity index is 313. The van der Waals surface area contributed by atoms with E-state index in [2.05, 4.69) is 6.92 Å². The van der Waals surface area contributed by atoms with E-state index in [-0.39, 0.29) is 12.5 Å². The van der Waals surface area contributed by atoms with Gasteiger partial charge in [0.1, 0.15) is 6.54 Å². The van der Waals surface area contributed by atoms with Crippen LogP contribution in [0.3, 0.4) is 0 Å². The first-order valence-corrected chi connectivity index (χ1v) is 7.53. The van der Waals surface area contributed by atoms with Crippen LogP contribution in [0.2, 0.25) is 0 Å². The number of nitrogens with zero attached hydrogens (tertiary/aromatic N) is 1. The first kappa shape index (κ1) is 17.0. The lowest BCUT2D eigenvalue weighted by Crippen LogP contribution is -2.39. The normalized spacial score (nSPS) is 17.7. The molecule has 1 fully saturated rings. The number of amides is 1. The van der Waals surface area contributed by atoms with Crippen LogP contribution < -0.4 is 0 Å². The first-order chi connectivity index (χ1) is 9.54. The molecular weight excluding hydrogens is 258 g/mol. The minimum Gasteiger partial charge on any atom is -0.480 e. The molecule has 1 saturated carbocycles. The van der Waals surface area contributed by atoms with Gasteiger partial charge in [0.25, 0.3) is 0 Å². The molecule has 1 unspecified atom stereocenters. The Morgan fingerprint density at radius 1 is 1.30 bits per heavy atom. The number of aliphatic carboxylic acids is 1. The zero-order valence-electron chi connectivity index (χ0n) is 12.6. The highest BCUT2D eigenvalue weighted by atomic mass is 16.5. The smallest absolute Gasteiger partial charge is 0.323 e. The second-order valence-electron chi connectivity index (χ2n) is 5.78. The van der Waals surface area contributed by atoms with E-state index in [1.165, 1.54) is 37.0 Å². The van der Waals surface area contributed by atoms with Gasteiger partial charge in [-0.1, -0.05) is 39.0 Å². The molecule has 0 aromatic carbocycles. The predicted molar refractivity (Wildman–Crippen MR) is 76.4 cm³/mol. The van der Waals surface area contributed by atoms with E-state index in [1.54, 1.807) is 7.11 Å². The molecule has 20 heavy (non-hydrogen) atoms. The number of carbonyl (C=O) groups excluding carboxylic acids is 1. The van der Waals surface area contributed by atoms with Gasteiger partial charge < -0.3 is 14.7 Å². The quantitative estimate of drug-likeness (QED) is 0.742. The SMILES string of the molecule is COCCN(CC(=O)O)C(=O)CC(C)C1CCCCC1. The lowest BCUT2D eigenvalue weighted by molar-refractivity contribution is -0.145. The number of hydrogen-bond donors (Lipinski definition) is 1. The Hall–Kier alpha value is -1.10. The van der Waals surface area contributed by atoms with Gasteiger partial charge in [-0.25, -0.2) is 0 Å². The summed E-state index contributed by atoms with van der Waals surface area (Å²) in [5.74, 6) is -0.0919. The zero-order valence-corrected chi connectivity index (χ0v) is 12.6. The topological polar surface area (TPSA) is 66.8 Å². The predicted octanol–water partition coefficient (Wildman–Crippen LogP) is 2.15. The summed E-state index contributed by atoms with van der Waals surface area (Å²) in [5, 5.41) is 8.88. The third kappa shape index (κ3) is 5.90. The summed E-state index contributed by atoms with van der Waals surface area (Å²) < 4.78 is 4.94. The van der Waals surface area contributed by atoms with E-state index >= 15 is 0 Å². The third-order valence-electron chi connectivity index (χ3n) is 4.20. The molecule has 1 rings (SSSR count). The second kappa shape index (κ2) is 8.95. The van der Waals surface area contributed by atoms with Crippen LogP contribution in [0, 0.1) is 11.8 Å². The van der Waals surface area contributed by atoms with Gasteiger partial charge in [-0.2, -0.15) is 0 Å². The maximum Gasteiger partial charge on any atom is 0.323 e. The lowest BCUT2D eigenvalue weighted by atomic mass is 9.79. The highest BCUT2D eigenvalue weighted by Gasteiger charge is 2.25. The fourth-order valence-electron chi connectivity index (χ4n) is 2.93. The zero-order chi connectivity index (χ0) is 15.0. The van der Waals surface area contributed by atoms with Crippen molar-refractivity contribution in [1.82, 2.24) is 4.90 Å². The molecule has 0 aliphatic heterocycles. The number of hydrogen-bond acceptors (Lipinski definition) is 3. The van der Waals surface area contributed by atoms with E-state index in [4.69, 9.17) is 9.84 Å². The fraction of sp³-hybridized carbons (Fsp3) is 0.867. The van der Waals surface area contributed by atoms with Gasteiger partial charge in [0.15, 0.2) is 0 Å². The van der Waals surface area contributed by atoms with Crippen LogP contribution in [0.5, 0.6) is 0 Å². The van der Waals surface area contributed by atoms with Crippen molar-refractivity contribution in [3.8, 4) is 0 Å². The Kier molecular flexibility index (Phi) is 7.59. The first-order valence-electron chi connectivity index (χ1n) is 7.53. The van der Waals surface area contributed by atoms with Gasteiger partial charge in [-0.3, -0.25) is 9.59 Å². The molecule has 1 N–H and O–H groups in total. The average Bonchev–Trinajstić information content (AvgIpc) is 2.43. The Balaban J connectivity index is 2.48. The van der Waals surface area contributed by atoms with Gasteiger partial charge in [-0.05, 0) is 11.8 Å². The van der Waals surface area contributed by atoms with Gasteiger partial charge in [-0.15, -0.1) is 0 Å². The molecule has 1 aliphatic rings. The molecule has 116 valence electrons. The third-order valence-corrected chi connectivity index (χ3v) is 4.20. The van der Waals surface area contributed by atoms with Crippen molar-refractivity contribution in [2.24, 2.45) is 11.8 Å². The van der Waals surface area contributed by atoms with Crippen LogP contribution in [0.25, 0.3) is 0 Å². The highest BCUT2D eigenvalue weighted by molar-refractivity contribution is 5.81. The summed E-state index contributed by atoms with van der Waals surface area (Å²) in [6.07, 6.45) is 6.66.